The fraction of sp³-hybridized carbons (Fsp3) is 0.280. The molecule has 1 aliphatic rings. The smallest absolute Gasteiger partial charge is 0.416 e. The van der Waals surface area contributed by atoms with Crippen LogP contribution in [0.15, 0.2) is 60.2 Å². The summed E-state index contributed by atoms with van der Waals surface area (Å²) in [5.74, 6) is -4.15. The first-order valence-corrected chi connectivity index (χ1v) is 10.7. The van der Waals surface area contributed by atoms with Crippen molar-refractivity contribution in [3.8, 4) is 16.9 Å². The van der Waals surface area contributed by atoms with E-state index in [9.17, 15) is 36.6 Å². The van der Waals surface area contributed by atoms with Gasteiger partial charge in [0.05, 0.1) is 23.7 Å². The summed E-state index contributed by atoms with van der Waals surface area (Å²) in [4.78, 5) is 23.8. The van der Waals surface area contributed by atoms with E-state index in [1.807, 2.05) is 6.92 Å². The zero-order chi connectivity index (χ0) is 25.8. The maximum Gasteiger partial charge on any atom is 0.416 e. The minimum atomic E-state index is -4.71. The predicted molar refractivity (Wildman–Crippen MR) is 118 cm³/mol. The molecule has 35 heavy (non-hydrogen) atoms. The van der Waals surface area contributed by atoms with Crippen LogP contribution in [0.5, 0.6) is 5.75 Å². The van der Waals surface area contributed by atoms with Gasteiger partial charge in [0.2, 0.25) is 5.91 Å². The highest BCUT2D eigenvalue weighted by molar-refractivity contribution is 5.90. The van der Waals surface area contributed by atoms with E-state index in [2.05, 4.69) is 5.32 Å². The number of nitrogens with one attached hydrogen (secondary N) is 1. The number of alkyl halides is 4. The molecule has 2 unspecified atom stereocenters. The Morgan fingerprint density at radius 3 is 2.43 bits per heavy atom. The minimum absolute atomic E-state index is 0.133. The molecule has 2 aromatic carbocycles. The largest absolute Gasteiger partial charge is 0.493 e. The number of carboxylic acid groups (broad SMARTS) is 1. The molecule has 10 heteroatoms. The number of aromatic carboxylic acids is 1. The Labute approximate surface area is 197 Å². The van der Waals surface area contributed by atoms with Crippen molar-refractivity contribution in [2.24, 2.45) is 5.92 Å². The molecule has 1 aliphatic carbocycles. The standard InChI is InChI=1S/C25H22F5NO4/c1-2-9-35-22-8-4-14(15-3-7-20(26)19(11-15)24(33)34)10-16(22)13-31-23(32)18-6-5-17(12-21(18)27)25(28,29)30/h3-8,10-12,18,21H,2,9,13H2,1H3,(H,31,32)(H,33,34). The lowest BCUT2D eigenvalue weighted by atomic mass is 9.93. The molecule has 0 aliphatic heterocycles. The van der Waals surface area contributed by atoms with Gasteiger partial charge in [0.25, 0.3) is 0 Å². The highest BCUT2D eigenvalue weighted by Crippen LogP contribution is 2.32. The molecule has 3 rings (SSSR count). The van der Waals surface area contributed by atoms with Crippen LogP contribution < -0.4 is 10.1 Å². The molecule has 0 heterocycles. The summed E-state index contributed by atoms with van der Waals surface area (Å²) < 4.78 is 72.1. The third-order valence-corrected chi connectivity index (χ3v) is 5.30. The average molecular weight is 495 g/mol. The van der Waals surface area contributed by atoms with Crippen molar-refractivity contribution >= 4 is 11.9 Å². The molecular weight excluding hydrogens is 473 g/mol. The average Bonchev–Trinajstić information content (AvgIpc) is 2.81. The first kappa shape index (κ1) is 25.9. The van der Waals surface area contributed by atoms with Gasteiger partial charge in [-0.3, -0.25) is 4.79 Å². The number of amides is 1. The Morgan fingerprint density at radius 1 is 1.11 bits per heavy atom. The minimum Gasteiger partial charge on any atom is -0.493 e. The Bertz CT molecular complexity index is 1170. The normalized spacial score (nSPS) is 17.6. The molecule has 0 bridgehead atoms. The maximum absolute atomic E-state index is 14.3. The van der Waals surface area contributed by atoms with E-state index in [0.717, 1.165) is 12.1 Å². The summed E-state index contributed by atoms with van der Waals surface area (Å²) in [6, 6.07) is 8.45. The van der Waals surface area contributed by atoms with Gasteiger partial charge in [-0.2, -0.15) is 13.2 Å². The first-order chi connectivity index (χ1) is 16.5. The van der Waals surface area contributed by atoms with E-state index in [4.69, 9.17) is 4.74 Å². The van der Waals surface area contributed by atoms with E-state index in [-0.39, 0.29) is 6.54 Å². The molecule has 0 spiro atoms. The van der Waals surface area contributed by atoms with Crippen LogP contribution in [0.2, 0.25) is 0 Å². The molecule has 5 nitrogen and oxygen atoms in total. The van der Waals surface area contributed by atoms with Gasteiger partial charge in [0.15, 0.2) is 0 Å². The lowest BCUT2D eigenvalue weighted by Gasteiger charge is -2.21. The fourth-order valence-corrected chi connectivity index (χ4v) is 3.48. The monoisotopic (exact) mass is 495 g/mol. The third kappa shape index (κ3) is 6.26. The Balaban J connectivity index is 1.82. The van der Waals surface area contributed by atoms with Crippen LogP contribution in [-0.4, -0.2) is 35.9 Å². The number of halogens is 5. The van der Waals surface area contributed by atoms with Crippen LogP contribution in [-0.2, 0) is 11.3 Å². The molecule has 0 aromatic heterocycles. The van der Waals surface area contributed by atoms with Crippen molar-refractivity contribution in [2.75, 3.05) is 6.61 Å². The lowest BCUT2D eigenvalue weighted by Crippen LogP contribution is -2.35. The van der Waals surface area contributed by atoms with Gasteiger partial charge >= 0.3 is 12.1 Å². The molecule has 2 N–H and O–H groups in total. The van der Waals surface area contributed by atoms with E-state index in [1.165, 1.54) is 12.1 Å². The number of hydrogen-bond donors (Lipinski definition) is 2. The zero-order valence-corrected chi connectivity index (χ0v) is 18.5. The van der Waals surface area contributed by atoms with Crippen LogP contribution >= 0.6 is 0 Å². The summed E-state index contributed by atoms with van der Waals surface area (Å²) in [5, 5.41) is 11.7. The molecular formula is C25H22F5NO4. The van der Waals surface area contributed by atoms with Gasteiger partial charge in [-0.15, -0.1) is 0 Å². The number of allylic oxidation sites excluding steroid dienone is 3. The molecule has 0 saturated heterocycles. The van der Waals surface area contributed by atoms with E-state index < -0.39 is 47.1 Å². The number of benzene rings is 2. The second-order valence-electron chi connectivity index (χ2n) is 7.84. The van der Waals surface area contributed by atoms with Gasteiger partial charge in [-0.05, 0) is 47.9 Å². The fourth-order valence-electron chi connectivity index (χ4n) is 3.48. The second kappa shape index (κ2) is 10.7. The van der Waals surface area contributed by atoms with Crippen molar-refractivity contribution in [1.82, 2.24) is 5.32 Å². The van der Waals surface area contributed by atoms with Crippen molar-refractivity contribution in [2.45, 2.75) is 32.2 Å². The number of hydrogen-bond acceptors (Lipinski definition) is 3. The molecule has 0 saturated carbocycles. The van der Waals surface area contributed by atoms with E-state index in [1.54, 1.807) is 18.2 Å². The number of carboxylic acids is 1. The van der Waals surface area contributed by atoms with E-state index >= 15 is 0 Å². The van der Waals surface area contributed by atoms with Crippen LogP contribution in [0, 0.1) is 11.7 Å². The molecule has 2 atom stereocenters. The maximum atomic E-state index is 14.3. The third-order valence-electron chi connectivity index (χ3n) is 5.30. The van der Waals surface area contributed by atoms with Crippen molar-refractivity contribution in [1.29, 1.82) is 0 Å². The highest BCUT2D eigenvalue weighted by Gasteiger charge is 2.37. The summed E-state index contributed by atoms with van der Waals surface area (Å²) in [6.07, 6.45) is -4.25. The van der Waals surface area contributed by atoms with Crippen molar-refractivity contribution < 1.29 is 41.4 Å². The van der Waals surface area contributed by atoms with Gasteiger partial charge in [-0.1, -0.05) is 31.2 Å². The Morgan fingerprint density at radius 2 is 1.80 bits per heavy atom. The predicted octanol–water partition coefficient (Wildman–Crippen LogP) is 5.61. The molecule has 1 amide bonds. The van der Waals surface area contributed by atoms with Crippen LogP contribution in [0.25, 0.3) is 11.1 Å². The zero-order valence-electron chi connectivity index (χ0n) is 18.5. The van der Waals surface area contributed by atoms with Gasteiger partial charge in [-0.25, -0.2) is 13.6 Å². The Hall–Kier alpha value is -3.69. The second-order valence-corrected chi connectivity index (χ2v) is 7.84. The van der Waals surface area contributed by atoms with Crippen molar-refractivity contribution in [3.63, 3.8) is 0 Å². The molecule has 0 fully saturated rings. The summed E-state index contributed by atoms with van der Waals surface area (Å²) in [5.41, 5.74) is -0.279. The quantitative estimate of drug-likeness (QED) is 0.467. The van der Waals surface area contributed by atoms with Crippen LogP contribution in [0.3, 0.4) is 0 Å². The molecule has 2 aromatic rings. The summed E-state index contributed by atoms with van der Waals surface area (Å²) >= 11 is 0. The number of carbonyl (C=O) groups excluding carboxylic acids is 1. The van der Waals surface area contributed by atoms with Crippen LogP contribution in [0.4, 0.5) is 22.0 Å². The number of rotatable bonds is 8. The highest BCUT2D eigenvalue weighted by atomic mass is 19.4. The SMILES string of the molecule is CCCOc1ccc(-c2ccc(F)c(C(=O)O)c2)cc1CNC(=O)C1C=CC(C(F)(F)F)=CC1F. The summed E-state index contributed by atoms with van der Waals surface area (Å²) in [6.45, 7) is 2.12. The molecule has 0 radical (unpaired) electrons. The first-order valence-electron chi connectivity index (χ1n) is 10.7. The van der Waals surface area contributed by atoms with Crippen molar-refractivity contribution in [3.05, 3.63) is 77.1 Å². The van der Waals surface area contributed by atoms with Gasteiger partial charge < -0.3 is 15.2 Å². The lowest BCUT2D eigenvalue weighted by molar-refractivity contribution is -0.125. The number of ether oxygens (including phenoxy) is 1. The molecule has 186 valence electrons. The summed E-state index contributed by atoms with van der Waals surface area (Å²) in [7, 11) is 0. The Kier molecular flexibility index (Phi) is 7.93. The number of carbonyl (C=O) groups is 2. The van der Waals surface area contributed by atoms with Gasteiger partial charge in [0, 0.05) is 12.1 Å². The van der Waals surface area contributed by atoms with Crippen LogP contribution in [0.1, 0.15) is 29.3 Å². The van der Waals surface area contributed by atoms with Gasteiger partial charge in [0.1, 0.15) is 17.7 Å². The topological polar surface area (TPSA) is 75.6 Å². The van der Waals surface area contributed by atoms with E-state index in [0.29, 0.717) is 47.6 Å².